The van der Waals surface area contributed by atoms with E-state index < -0.39 is 23.5 Å². The van der Waals surface area contributed by atoms with Crippen molar-refractivity contribution in [3.63, 3.8) is 0 Å². The van der Waals surface area contributed by atoms with Crippen LogP contribution in [-0.2, 0) is 17.5 Å². The van der Waals surface area contributed by atoms with Gasteiger partial charge >= 0.3 is 11.7 Å². The van der Waals surface area contributed by atoms with Crippen LogP contribution < -0.4 is 15.7 Å². The van der Waals surface area contributed by atoms with Crippen molar-refractivity contribution in [3.8, 4) is 5.69 Å². The SMILES string of the molecule is Cc1c(-[n+]2ccn(Cc3ccccc3C(F)(F)F)c(=O)c2)cnn(C2CCCCO2)c1=O. The van der Waals surface area contributed by atoms with Gasteiger partial charge in [0.1, 0.15) is 6.20 Å². The van der Waals surface area contributed by atoms with Crippen LogP contribution in [0.1, 0.15) is 42.2 Å². The fraction of sp³-hybridized carbons (Fsp3) is 0.364. The van der Waals surface area contributed by atoms with E-state index in [4.69, 9.17) is 4.74 Å². The van der Waals surface area contributed by atoms with Gasteiger partial charge in [-0.3, -0.25) is 14.2 Å². The molecule has 168 valence electrons. The molecule has 0 amide bonds. The van der Waals surface area contributed by atoms with Crippen molar-refractivity contribution < 1.29 is 22.5 Å². The van der Waals surface area contributed by atoms with E-state index in [1.54, 1.807) is 6.92 Å². The highest BCUT2D eigenvalue weighted by Crippen LogP contribution is 2.32. The molecule has 4 rings (SSSR count). The number of hydrogen-bond acceptors (Lipinski definition) is 4. The summed E-state index contributed by atoms with van der Waals surface area (Å²) in [6.07, 6.45) is 3.30. The van der Waals surface area contributed by atoms with Crippen LogP contribution in [-0.4, -0.2) is 21.0 Å². The number of nitrogens with zero attached hydrogens (tertiary/aromatic N) is 4. The Morgan fingerprint density at radius 1 is 1.22 bits per heavy atom. The summed E-state index contributed by atoms with van der Waals surface area (Å²) in [7, 11) is 0. The Balaban J connectivity index is 1.64. The van der Waals surface area contributed by atoms with Crippen LogP contribution in [0.5, 0.6) is 0 Å². The number of benzene rings is 1. The molecule has 0 radical (unpaired) electrons. The average Bonchev–Trinajstić information content (AvgIpc) is 2.77. The van der Waals surface area contributed by atoms with Gasteiger partial charge in [0.25, 0.3) is 5.56 Å². The molecule has 0 spiro atoms. The highest BCUT2D eigenvalue weighted by molar-refractivity contribution is 5.30. The highest BCUT2D eigenvalue weighted by Gasteiger charge is 2.33. The van der Waals surface area contributed by atoms with Crippen LogP contribution >= 0.6 is 0 Å². The summed E-state index contributed by atoms with van der Waals surface area (Å²) < 4.78 is 49.3. The number of halogens is 3. The lowest BCUT2D eigenvalue weighted by Crippen LogP contribution is -2.42. The normalized spacial score (nSPS) is 16.8. The zero-order valence-corrected chi connectivity index (χ0v) is 17.4. The Morgan fingerprint density at radius 2 is 2.00 bits per heavy atom. The zero-order chi connectivity index (χ0) is 22.9. The van der Waals surface area contributed by atoms with E-state index in [0.29, 0.717) is 24.3 Å². The summed E-state index contributed by atoms with van der Waals surface area (Å²) in [6.45, 7) is 1.98. The Kier molecular flexibility index (Phi) is 5.96. The van der Waals surface area contributed by atoms with Crippen LogP contribution in [0.15, 0.2) is 58.6 Å². The second-order valence-corrected chi connectivity index (χ2v) is 7.68. The molecule has 0 bridgehead atoms. The van der Waals surface area contributed by atoms with Gasteiger partial charge in [-0.1, -0.05) is 18.2 Å². The molecule has 0 saturated carbocycles. The zero-order valence-electron chi connectivity index (χ0n) is 17.4. The molecule has 1 aromatic carbocycles. The van der Waals surface area contributed by atoms with Crippen molar-refractivity contribution in [2.75, 3.05) is 6.61 Å². The molecule has 1 fully saturated rings. The molecule has 2 aromatic heterocycles. The van der Waals surface area contributed by atoms with Crippen LogP contribution in [0.2, 0.25) is 0 Å². The van der Waals surface area contributed by atoms with Crippen molar-refractivity contribution >= 4 is 0 Å². The Bertz CT molecular complexity index is 1240. The number of ether oxygens (including phenoxy) is 1. The molecule has 1 unspecified atom stereocenters. The average molecular weight is 447 g/mol. The Labute approximate surface area is 181 Å². The third-order valence-corrected chi connectivity index (χ3v) is 5.53. The largest absolute Gasteiger partial charge is 0.416 e. The second kappa shape index (κ2) is 8.70. The first-order chi connectivity index (χ1) is 15.3. The van der Waals surface area contributed by atoms with Gasteiger partial charge in [0.15, 0.2) is 12.4 Å². The lowest BCUT2D eigenvalue weighted by molar-refractivity contribution is -0.598. The third-order valence-electron chi connectivity index (χ3n) is 5.53. The molecule has 1 aliphatic heterocycles. The smallest absolute Gasteiger partial charge is 0.356 e. The molecule has 0 aliphatic carbocycles. The topological polar surface area (TPSA) is 70.0 Å². The van der Waals surface area contributed by atoms with Gasteiger partial charge in [-0.15, -0.1) is 0 Å². The summed E-state index contributed by atoms with van der Waals surface area (Å²) in [6, 6.07) is 5.14. The molecule has 1 saturated heterocycles. The van der Waals surface area contributed by atoms with Gasteiger partial charge in [-0.2, -0.15) is 22.8 Å². The predicted molar refractivity (Wildman–Crippen MR) is 108 cm³/mol. The molecular formula is C22H22F3N4O3+. The highest BCUT2D eigenvalue weighted by atomic mass is 19.4. The van der Waals surface area contributed by atoms with Crippen LogP contribution in [0, 0.1) is 6.92 Å². The number of alkyl halides is 3. The summed E-state index contributed by atoms with van der Waals surface area (Å²) >= 11 is 0. The van der Waals surface area contributed by atoms with Crippen LogP contribution in [0.25, 0.3) is 5.69 Å². The van der Waals surface area contributed by atoms with Gasteiger partial charge in [0, 0.05) is 6.61 Å². The van der Waals surface area contributed by atoms with Crippen LogP contribution in [0.3, 0.4) is 0 Å². The fourth-order valence-electron chi connectivity index (χ4n) is 3.79. The monoisotopic (exact) mass is 447 g/mol. The van der Waals surface area contributed by atoms with E-state index in [2.05, 4.69) is 5.10 Å². The number of rotatable bonds is 4. The predicted octanol–water partition coefficient (Wildman–Crippen LogP) is 2.76. The van der Waals surface area contributed by atoms with Crippen molar-refractivity contribution in [1.29, 1.82) is 0 Å². The van der Waals surface area contributed by atoms with Crippen molar-refractivity contribution in [1.82, 2.24) is 14.3 Å². The van der Waals surface area contributed by atoms with E-state index in [1.165, 1.54) is 56.8 Å². The third kappa shape index (κ3) is 4.36. The van der Waals surface area contributed by atoms with Gasteiger partial charge < -0.3 is 4.74 Å². The molecule has 3 heterocycles. The minimum atomic E-state index is -4.51. The van der Waals surface area contributed by atoms with Crippen molar-refractivity contribution in [2.45, 2.75) is 45.1 Å². The molecule has 1 atom stereocenters. The number of aromatic nitrogens is 4. The second-order valence-electron chi connectivity index (χ2n) is 7.68. The lowest BCUT2D eigenvalue weighted by Gasteiger charge is -2.23. The maximum absolute atomic E-state index is 13.2. The van der Waals surface area contributed by atoms with E-state index in [0.717, 1.165) is 18.9 Å². The quantitative estimate of drug-likeness (QED) is 0.577. The summed E-state index contributed by atoms with van der Waals surface area (Å²) in [4.78, 5) is 25.4. The maximum Gasteiger partial charge on any atom is 0.416 e. The van der Waals surface area contributed by atoms with Crippen molar-refractivity contribution in [2.24, 2.45) is 0 Å². The van der Waals surface area contributed by atoms with Gasteiger partial charge in [-0.05, 0) is 37.8 Å². The lowest BCUT2D eigenvalue weighted by atomic mass is 10.1. The molecule has 1 aliphatic rings. The Morgan fingerprint density at radius 3 is 2.69 bits per heavy atom. The first-order valence-corrected chi connectivity index (χ1v) is 10.2. The first-order valence-electron chi connectivity index (χ1n) is 10.2. The number of hydrogen-bond donors (Lipinski definition) is 0. The molecule has 10 heteroatoms. The van der Waals surface area contributed by atoms with E-state index in [1.807, 2.05) is 0 Å². The summed E-state index contributed by atoms with van der Waals surface area (Å²) in [5.74, 6) is 0. The van der Waals surface area contributed by atoms with E-state index in [-0.39, 0.29) is 17.7 Å². The molecule has 0 N–H and O–H groups in total. The molecule has 32 heavy (non-hydrogen) atoms. The summed E-state index contributed by atoms with van der Waals surface area (Å²) in [5, 5.41) is 4.22. The fourth-order valence-corrected chi connectivity index (χ4v) is 3.79. The Hall–Kier alpha value is -3.27. The molecular weight excluding hydrogens is 425 g/mol. The van der Waals surface area contributed by atoms with Crippen LogP contribution in [0.4, 0.5) is 13.2 Å². The van der Waals surface area contributed by atoms with Gasteiger partial charge in [0.2, 0.25) is 11.9 Å². The van der Waals surface area contributed by atoms with Gasteiger partial charge in [0.05, 0.1) is 23.9 Å². The van der Waals surface area contributed by atoms with E-state index in [9.17, 15) is 22.8 Å². The van der Waals surface area contributed by atoms with Crippen molar-refractivity contribution in [3.05, 3.63) is 86.5 Å². The minimum absolute atomic E-state index is 0.00669. The maximum atomic E-state index is 13.2. The van der Waals surface area contributed by atoms with Gasteiger partial charge in [-0.25, -0.2) is 4.68 Å². The summed E-state index contributed by atoms with van der Waals surface area (Å²) in [5.41, 5.74) is -0.806. The first kappa shape index (κ1) is 21.9. The van der Waals surface area contributed by atoms with E-state index >= 15 is 0 Å². The molecule has 3 aromatic rings. The molecule has 7 nitrogen and oxygen atoms in total. The minimum Gasteiger partial charge on any atom is -0.356 e. The standard InChI is InChI=1S/C22H22F3N4O3/c1-15-18(12-26-29(21(15)31)20-8-4-5-11-32-20)27-9-10-28(19(30)14-27)13-16-6-2-3-7-17(16)22(23,24)25/h2-3,6-7,9-10,12,14,20H,4-5,8,11,13H2,1H3/q+1.